The van der Waals surface area contributed by atoms with E-state index < -0.39 is 0 Å². The summed E-state index contributed by atoms with van der Waals surface area (Å²) in [6, 6.07) is 0.128. The Labute approximate surface area is 96.3 Å². The number of rotatable bonds is 2. The predicted octanol–water partition coefficient (Wildman–Crippen LogP) is 2.95. The van der Waals surface area contributed by atoms with Gasteiger partial charge < -0.3 is 4.98 Å². The van der Waals surface area contributed by atoms with Crippen molar-refractivity contribution in [1.29, 1.82) is 0 Å². The summed E-state index contributed by atoms with van der Waals surface area (Å²) in [6.45, 7) is 5.83. The minimum absolute atomic E-state index is 0.0550. The second kappa shape index (κ2) is 4.40. The van der Waals surface area contributed by atoms with E-state index in [-0.39, 0.29) is 11.6 Å². The van der Waals surface area contributed by atoms with Crippen LogP contribution in [-0.4, -0.2) is 9.55 Å². The van der Waals surface area contributed by atoms with Crippen LogP contribution in [0, 0.1) is 11.7 Å². The maximum Gasteiger partial charge on any atom is 0.269 e. The van der Waals surface area contributed by atoms with Crippen LogP contribution < -0.4 is 5.56 Å². The van der Waals surface area contributed by atoms with Crippen LogP contribution in [-0.2, 0) is 0 Å². The standard InChI is InChI=1S/C9H13BrN2OS/c1-4-5(2)12-8(13)7(10)6(3)11-9(12)14/h5H,4H2,1-3H3,(H,11,14). The molecule has 1 aromatic rings. The summed E-state index contributed by atoms with van der Waals surface area (Å²) in [6.07, 6.45) is 0.882. The topological polar surface area (TPSA) is 37.8 Å². The molecule has 0 spiro atoms. The molecule has 1 aromatic heterocycles. The van der Waals surface area contributed by atoms with E-state index in [1.54, 1.807) is 4.57 Å². The Morgan fingerprint density at radius 3 is 2.71 bits per heavy atom. The molecule has 1 N–H and O–H groups in total. The summed E-state index contributed by atoms with van der Waals surface area (Å²) in [4.78, 5) is 14.8. The first-order chi connectivity index (χ1) is 6.49. The number of aromatic nitrogens is 2. The third kappa shape index (κ3) is 1.98. The molecular formula is C9H13BrN2OS. The number of aryl methyl sites for hydroxylation is 1. The maximum absolute atomic E-state index is 11.8. The second-order valence-electron chi connectivity index (χ2n) is 3.30. The highest BCUT2D eigenvalue weighted by Gasteiger charge is 2.10. The minimum Gasteiger partial charge on any atom is -0.335 e. The van der Waals surface area contributed by atoms with Gasteiger partial charge >= 0.3 is 0 Å². The summed E-state index contributed by atoms with van der Waals surface area (Å²) in [7, 11) is 0. The zero-order chi connectivity index (χ0) is 10.9. The van der Waals surface area contributed by atoms with Crippen LogP contribution >= 0.6 is 28.1 Å². The zero-order valence-electron chi connectivity index (χ0n) is 8.43. The van der Waals surface area contributed by atoms with Gasteiger partial charge in [-0.15, -0.1) is 0 Å². The van der Waals surface area contributed by atoms with Crippen molar-refractivity contribution in [2.24, 2.45) is 0 Å². The fourth-order valence-electron chi connectivity index (χ4n) is 1.22. The Hall–Kier alpha value is -0.420. The molecule has 0 radical (unpaired) electrons. The summed E-state index contributed by atoms with van der Waals surface area (Å²) in [5.41, 5.74) is 0.722. The van der Waals surface area contributed by atoms with Gasteiger partial charge in [0.2, 0.25) is 0 Å². The van der Waals surface area contributed by atoms with Crippen molar-refractivity contribution in [3.05, 3.63) is 25.3 Å². The summed E-state index contributed by atoms with van der Waals surface area (Å²) in [5, 5.41) is 0. The van der Waals surface area contributed by atoms with Crippen LogP contribution in [0.25, 0.3) is 0 Å². The fraction of sp³-hybridized carbons (Fsp3) is 0.556. The number of hydrogen-bond donors (Lipinski definition) is 1. The molecule has 78 valence electrons. The molecule has 0 aliphatic heterocycles. The summed E-state index contributed by atoms with van der Waals surface area (Å²) in [5.74, 6) is 0. The number of nitrogens with zero attached hydrogens (tertiary/aromatic N) is 1. The average Bonchev–Trinajstić information content (AvgIpc) is 2.14. The van der Waals surface area contributed by atoms with E-state index >= 15 is 0 Å². The Morgan fingerprint density at radius 1 is 1.64 bits per heavy atom. The number of halogens is 1. The smallest absolute Gasteiger partial charge is 0.269 e. The van der Waals surface area contributed by atoms with Crippen molar-refractivity contribution in [2.75, 3.05) is 0 Å². The van der Waals surface area contributed by atoms with Crippen LogP contribution in [0.1, 0.15) is 32.0 Å². The molecule has 1 rings (SSSR count). The Morgan fingerprint density at radius 2 is 2.21 bits per heavy atom. The van der Waals surface area contributed by atoms with Crippen molar-refractivity contribution in [1.82, 2.24) is 9.55 Å². The molecule has 0 saturated heterocycles. The van der Waals surface area contributed by atoms with E-state index in [0.717, 1.165) is 12.1 Å². The van der Waals surface area contributed by atoms with E-state index in [9.17, 15) is 4.79 Å². The Balaban J connectivity index is 3.53. The quantitative estimate of drug-likeness (QED) is 0.844. The third-order valence-electron chi connectivity index (χ3n) is 2.28. The van der Waals surface area contributed by atoms with E-state index in [1.807, 2.05) is 20.8 Å². The largest absolute Gasteiger partial charge is 0.335 e. The van der Waals surface area contributed by atoms with Gasteiger partial charge in [0.15, 0.2) is 4.77 Å². The van der Waals surface area contributed by atoms with Crippen LogP contribution in [0.3, 0.4) is 0 Å². The lowest BCUT2D eigenvalue weighted by atomic mass is 10.2. The molecular weight excluding hydrogens is 264 g/mol. The van der Waals surface area contributed by atoms with Gasteiger partial charge in [-0.3, -0.25) is 9.36 Å². The monoisotopic (exact) mass is 276 g/mol. The molecule has 1 atom stereocenters. The highest BCUT2D eigenvalue weighted by atomic mass is 79.9. The number of H-pyrrole nitrogens is 1. The molecule has 0 fully saturated rings. The second-order valence-corrected chi connectivity index (χ2v) is 4.48. The van der Waals surface area contributed by atoms with Gasteiger partial charge in [0, 0.05) is 11.7 Å². The van der Waals surface area contributed by atoms with E-state index in [1.165, 1.54) is 0 Å². The molecule has 0 amide bonds. The first-order valence-corrected chi connectivity index (χ1v) is 5.70. The van der Waals surface area contributed by atoms with Crippen LogP contribution in [0.2, 0.25) is 0 Å². The molecule has 0 bridgehead atoms. The molecule has 1 heterocycles. The lowest BCUT2D eigenvalue weighted by molar-refractivity contribution is 0.496. The van der Waals surface area contributed by atoms with Crippen LogP contribution in [0.15, 0.2) is 9.27 Å². The molecule has 0 aromatic carbocycles. The highest BCUT2D eigenvalue weighted by molar-refractivity contribution is 9.10. The molecule has 14 heavy (non-hydrogen) atoms. The van der Waals surface area contributed by atoms with Crippen molar-refractivity contribution in [2.45, 2.75) is 33.2 Å². The van der Waals surface area contributed by atoms with Gasteiger partial charge in [0.05, 0.1) is 0 Å². The maximum atomic E-state index is 11.8. The molecule has 5 heteroatoms. The molecule has 1 unspecified atom stereocenters. The van der Waals surface area contributed by atoms with E-state index in [2.05, 4.69) is 20.9 Å². The summed E-state index contributed by atoms with van der Waals surface area (Å²) < 4.78 is 2.66. The average molecular weight is 277 g/mol. The SMILES string of the molecule is CCC(C)n1c(=S)[nH]c(C)c(Br)c1=O. The van der Waals surface area contributed by atoms with E-state index in [0.29, 0.717) is 9.24 Å². The van der Waals surface area contributed by atoms with Gasteiger partial charge in [-0.2, -0.15) is 0 Å². The van der Waals surface area contributed by atoms with Gasteiger partial charge in [0.1, 0.15) is 4.47 Å². The van der Waals surface area contributed by atoms with Crippen molar-refractivity contribution >= 4 is 28.1 Å². The lowest BCUT2D eigenvalue weighted by Gasteiger charge is -2.14. The van der Waals surface area contributed by atoms with Gasteiger partial charge in [-0.1, -0.05) is 6.92 Å². The fourth-order valence-corrected chi connectivity index (χ4v) is 1.92. The van der Waals surface area contributed by atoms with Crippen molar-refractivity contribution in [3.63, 3.8) is 0 Å². The third-order valence-corrected chi connectivity index (χ3v) is 3.51. The van der Waals surface area contributed by atoms with Gasteiger partial charge in [-0.25, -0.2) is 0 Å². The van der Waals surface area contributed by atoms with E-state index in [4.69, 9.17) is 12.2 Å². The normalized spacial score (nSPS) is 12.9. The Bertz CT molecular complexity index is 449. The first kappa shape index (κ1) is 11.7. The summed E-state index contributed by atoms with van der Waals surface area (Å²) >= 11 is 8.37. The molecule has 0 aliphatic rings. The van der Waals surface area contributed by atoms with Gasteiger partial charge in [0.25, 0.3) is 5.56 Å². The zero-order valence-corrected chi connectivity index (χ0v) is 10.8. The number of nitrogens with one attached hydrogen (secondary N) is 1. The molecule has 0 aliphatic carbocycles. The van der Waals surface area contributed by atoms with Crippen LogP contribution in [0.5, 0.6) is 0 Å². The number of aromatic amines is 1. The molecule has 3 nitrogen and oxygen atoms in total. The van der Waals surface area contributed by atoms with Crippen LogP contribution in [0.4, 0.5) is 0 Å². The minimum atomic E-state index is -0.0550. The van der Waals surface area contributed by atoms with Gasteiger partial charge in [-0.05, 0) is 48.4 Å². The van der Waals surface area contributed by atoms with Crippen molar-refractivity contribution < 1.29 is 0 Å². The number of hydrogen-bond acceptors (Lipinski definition) is 2. The molecule has 0 saturated carbocycles. The highest BCUT2D eigenvalue weighted by Crippen LogP contribution is 2.12. The van der Waals surface area contributed by atoms with Crippen molar-refractivity contribution in [3.8, 4) is 0 Å². The first-order valence-electron chi connectivity index (χ1n) is 4.50. The Kier molecular flexibility index (Phi) is 3.66. The lowest BCUT2D eigenvalue weighted by Crippen LogP contribution is -2.26. The predicted molar refractivity (Wildman–Crippen MR) is 63.3 cm³/mol.